The molecule has 0 aromatic heterocycles. The number of sulfone groups is 1. The Hall–Kier alpha value is -1.56. The fourth-order valence-electron chi connectivity index (χ4n) is 2.68. The van der Waals surface area contributed by atoms with Crippen molar-refractivity contribution in [3.05, 3.63) is 34.4 Å². The highest BCUT2D eigenvalue weighted by Gasteiger charge is 2.24. The molecule has 2 rings (SSSR count). The second-order valence-corrected chi connectivity index (χ2v) is 7.98. The van der Waals surface area contributed by atoms with Crippen molar-refractivity contribution < 1.29 is 13.2 Å². The van der Waals surface area contributed by atoms with Gasteiger partial charge in [-0.2, -0.15) is 0 Å². The number of benzene rings is 1. The van der Waals surface area contributed by atoms with Crippen molar-refractivity contribution in [2.45, 2.75) is 27.3 Å². The van der Waals surface area contributed by atoms with E-state index in [1.165, 1.54) is 5.56 Å². The van der Waals surface area contributed by atoms with E-state index < -0.39 is 9.84 Å². The van der Waals surface area contributed by atoms with E-state index in [0.29, 0.717) is 6.54 Å². The molecule has 0 unspecified atom stereocenters. The second kappa shape index (κ2) is 6.05. The summed E-state index contributed by atoms with van der Waals surface area (Å²) in [6, 6.07) is 4.01. The van der Waals surface area contributed by atoms with Gasteiger partial charge in [-0.3, -0.25) is 0 Å². The van der Waals surface area contributed by atoms with Crippen molar-refractivity contribution in [1.29, 1.82) is 0 Å². The van der Waals surface area contributed by atoms with Crippen LogP contribution in [0.3, 0.4) is 0 Å². The largest absolute Gasteiger partial charge is 0.334 e. The SMILES string of the molecule is Cc1cc(C)c(CNC(=O)N2CCS(=O)(=O)CC2)c(C)c1. The van der Waals surface area contributed by atoms with Crippen LogP contribution in [-0.4, -0.2) is 43.9 Å². The molecule has 0 saturated carbocycles. The molecule has 21 heavy (non-hydrogen) atoms. The van der Waals surface area contributed by atoms with Gasteiger partial charge in [-0.25, -0.2) is 13.2 Å². The number of hydrogen-bond acceptors (Lipinski definition) is 3. The minimum atomic E-state index is -2.96. The number of rotatable bonds is 2. The van der Waals surface area contributed by atoms with Crippen LogP contribution in [0.15, 0.2) is 12.1 Å². The molecule has 1 aromatic carbocycles. The van der Waals surface area contributed by atoms with Crippen molar-refractivity contribution in [3.8, 4) is 0 Å². The van der Waals surface area contributed by atoms with Crippen molar-refractivity contribution in [1.82, 2.24) is 10.2 Å². The molecule has 1 heterocycles. The van der Waals surface area contributed by atoms with Crippen molar-refractivity contribution in [3.63, 3.8) is 0 Å². The van der Waals surface area contributed by atoms with E-state index in [9.17, 15) is 13.2 Å². The lowest BCUT2D eigenvalue weighted by Crippen LogP contribution is -2.48. The molecule has 1 aromatic rings. The molecule has 1 fully saturated rings. The quantitative estimate of drug-likeness (QED) is 0.901. The average Bonchev–Trinajstić information content (AvgIpc) is 2.37. The molecule has 1 aliphatic heterocycles. The van der Waals surface area contributed by atoms with Gasteiger partial charge in [0.05, 0.1) is 11.5 Å². The van der Waals surface area contributed by atoms with Gasteiger partial charge in [-0.15, -0.1) is 0 Å². The van der Waals surface area contributed by atoms with Gasteiger partial charge < -0.3 is 10.2 Å². The summed E-state index contributed by atoms with van der Waals surface area (Å²) in [5.74, 6) is 0.117. The van der Waals surface area contributed by atoms with Gasteiger partial charge in [0.15, 0.2) is 9.84 Å². The molecule has 116 valence electrons. The Kier molecular flexibility index (Phi) is 4.56. The fourth-order valence-corrected chi connectivity index (χ4v) is 3.88. The smallest absolute Gasteiger partial charge is 0.317 e. The molecule has 0 atom stereocenters. The monoisotopic (exact) mass is 310 g/mol. The van der Waals surface area contributed by atoms with E-state index in [-0.39, 0.29) is 30.6 Å². The highest BCUT2D eigenvalue weighted by Crippen LogP contribution is 2.16. The van der Waals surface area contributed by atoms with Crippen LogP contribution in [0.2, 0.25) is 0 Å². The molecule has 2 amide bonds. The van der Waals surface area contributed by atoms with Crippen LogP contribution in [0.4, 0.5) is 4.79 Å². The first-order valence-corrected chi connectivity index (χ1v) is 8.90. The van der Waals surface area contributed by atoms with Crippen LogP contribution in [0.1, 0.15) is 22.3 Å². The molecule has 1 saturated heterocycles. The van der Waals surface area contributed by atoms with E-state index >= 15 is 0 Å². The minimum Gasteiger partial charge on any atom is -0.334 e. The molecule has 0 bridgehead atoms. The standard InChI is InChI=1S/C15H22N2O3S/c1-11-8-12(2)14(13(3)9-11)10-16-15(18)17-4-6-21(19,20)7-5-17/h8-9H,4-7,10H2,1-3H3,(H,16,18). The van der Waals surface area contributed by atoms with Crippen molar-refractivity contribution in [2.75, 3.05) is 24.6 Å². The van der Waals surface area contributed by atoms with E-state index in [1.807, 2.05) is 13.8 Å². The number of carbonyl (C=O) groups excluding carboxylic acids is 1. The Balaban J connectivity index is 1.96. The maximum atomic E-state index is 12.1. The third-order valence-electron chi connectivity index (χ3n) is 3.89. The Labute approximate surface area is 126 Å². The first kappa shape index (κ1) is 15.8. The van der Waals surface area contributed by atoms with Gasteiger partial charge in [0.25, 0.3) is 0 Å². The lowest BCUT2D eigenvalue weighted by molar-refractivity contribution is 0.201. The van der Waals surface area contributed by atoms with E-state index in [1.54, 1.807) is 4.90 Å². The van der Waals surface area contributed by atoms with Gasteiger partial charge in [0, 0.05) is 19.6 Å². The highest BCUT2D eigenvalue weighted by atomic mass is 32.2. The van der Waals surface area contributed by atoms with Gasteiger partial charge >= 0.3 is 6.03 Å². The highest BCUT2D eigenvalue weighted by molar-refractivity contribution is 7.91. The summed E-state index contributed by atoms with van der Waals surface area (Å²) in [6.45, 7) is 7.15. The van der Waals surface area contributed by atoms with Gasteiger partial charge in [0.1, 0.15) is 0 Å². The number of urea groups is 1. The van der Waals surface area contributed by atoms with Gasteiger partial charge in [-0.05, 0) is 37.5 Å². The average molecular weight is 310 g/mol. The summed E-state index contributed by atoms with van der Waals surface area (Å²) in [6.07, 6.45) is 0. The summed E-state index contributed by atoms with van der Waals surface area (Å²) in [7, 11) is -2.96. The molecular weight excluding hydrogens is 288 g/mol. The molecule has 0 aliphatic carbocycles. The summed E-state index contributed by atoms with van der Waals surface area (Å²) >= 11 is 0. The topological polar surface area (TPSA) is 66.5 Å². The number of nitrogens with zero attached hydrogens (tertiary/aromatic N) is 1. The predicted molar refractivity (Wildman–Crippen MR) is 83.1 cm³/mol. The van der Waals surface area contributed by atoms with Crippen molar-refractivity contribution >= 4 is 15.9 Å². The van der Waals surface area contributed by atoms with Crippen LogP contribution in [0, 0.1) is 20.8 Å². The van der Waals surface area contributed by atoms with Crippen LogP contribution in [0.25, 0.3) is 0 Å². The minimum absolute atomic E-state index is 0.0585. The predicted octanol–water partition coefficient (Wildman–Crippen LogP) is 1.55. The first-order chi connectivity index (χ1) is 9.78. The Bertz CT molecular complexity index is 616. The van der Waals surface area contributed by atoms with Gasteiger partial charge in [-0.1, -0.05) is 17.7 Å². The van der Waals surface area contributed by atoms with Crippen molar-refractivity contribution in [2.24, 2.45) is 0 Å². The summed E-state index contributed by atoms with van der Waals surface area (Å²) in [4.78, 5) is 13.7. The second-order valence-electron chi connectivity index (χ2n) is 5.67. The van der Waals surface area contributed by atoms with E-state index in [2.05, 4.69) is 24.4 Å². The zero-order valence-corrected chi connectivity index (χ0v) is 13.6. The molecular formula is C15H22N2O3S. The first-order valence-electron chi connectivity index (χ1n) is 7.08. The van der Waals surface area contributed by atoms with Crippen LogP contribution < -0.4 is 5.32 Å². The normalized spacial score (nSPS) is 17.6. The third-order valence-corrected chi connectivity index (χ3v) is 5.50. The molecule has 5 nitrogen and oxygen atoms in total. The number of nitrogens with one attached hydrogen (secondary N) is 1. The Morgan fingerprint density at radius 1 is 1.14 bits per heavy atom. The number of carbonyl (C=O) groups is 1. The zero-order valence-electron chi connectivity index (χ0n) is 12.8. The fraction of sp³-hybridized carbons (Fsp3) is 0.533. The molecule has 1 N–H and O–H groups in total. The maximum absolute atomic E-state index is 12.1. The summed E-state index contributed by atoms with van der Waals surface area (Å²) in [5, 5.41) is 2.89. The molecule has 6 heteroatoms. The lowest BCUT2D eigenvalue weighted by Gasteiger charge is -2.27. The zero-order chi connectivity index (χ0) is 15.6. The Morgan fingerprint density at radius 2 is 1.67 bits per heavy atom. The Morgan fingerprint density at radius 3 is 2.19 bits per heavy atom. The van der Waals surface area contributed by atoms with Crippen LogP contribution in [-0.2, 0) is 16.4 Å². The van der Waals surface area contributed by atoms with Gasteiger partial charge in [0.2, 0.25) is 0 Å². The third kappa shape index (κ3) is 3.97. The maximum Gasteiger partial charge on any atom is 0.317 e. The van der Waals surface area contributed by atoms with Crippen LogP contribution >= 0.6 is 0 Å². The molecule has 1 aliphatic rings. The number of amides is 2. The summed E-state index contributed by atoms with van der Waals surface area (Å²) < 4.78 is 22.7. The molecule has 0 spiro atoms. The van der Waals surface area contributed by atoms with E-state index in [0.717, 1.165) is 16.7 Å². The number of aryl methyl sites for hydroxylation is 3. The number of hydrogen-bond donors (Lipinski definition) is 1. The lowest BCUT2D eigenvalue weighted by atomic mass is 10.00. The van der Waals surface area contributed by atoms with Crippen LogP contribution in [0.5, 0.6) is 0 Å². The summed E-state index contributed by atoms with van der Waals surface area (Å²) in [5.41, 5.74) is 4.66. The van der Waals surface area contributed by atoms with E-state index in [4.69, 9.17) is 0 Å². The molecule has 0 radical (unpaired) electrons.